The first kappa shape index (κ1) is 20.4. The lowest BCUT2D eigenvalue weighted by atomic mass is 9.96. The molecule has 4 heterocycles. The number of carbonyl (C=O) groups excluding carboxylic acids is 1. The molecule has 1 unspecified atom stereocenters. The Bertz CT molecular complexity index is 1040. The van der Waals surface area contributed by atoms with Crippen molar-refractivity contribution in [2.45, 2.75) is 12.8 Å². The van der Waals surface area contributed by atoms with Crippen LogP contribution in [0.25, 0.3) is 11.3 Å². The molecule has 2 aromatic heterocycles. The van der Waals surface area contributed by atoms with Crippen LogP contribution in [0.4, 0.5) is 11.6 Å². The van der Waals surface area contributed by atoms with Gasteiger partial charge in [-0.25, -0.2) is 15.0 Å². The third kappa shape index (κ3) is 4.42. The fourth-order valence-corrected chi connectivity index (χ4v) is 4.63. The third-order valence-corrected chi connectivity index (χ3v) is 6.38. The first-order valence-corrected chi connectivity index (χ1v) is 11.3. The molecular weight excluding hydrogens is 400 g/mol. The average molecular weight is 429 g/mol. The summed E-state index contributed by atoms with van der Waals surface area (Å²) in [6.07, 6.45) is 5.38. The second-order valence-electron chi connectivity index (χ2n) is 8.41. The molecule has 2 aliphatic heterocycles. The molecule has 5 rings (SSSR count). The van der Waals surface area contributed by atoms with E-state index in [0.717, 1.165) is 68.5 Å². The maximum atomic E-state index is 13.3. The van der Waals surface area contributed by atoms with Crippen molar-refractivity contribution >= 4 is 17.5 Å². The summed E-state index contributed by atoms with van der Waals surface area (Å²) in [6.45, 7) is 4.78. The van der Waals surface area contributed by atoms with Crippen LogP contribution in [0, 0.1) is 5.92 Å². The molecule has 0 N–H and O–H groups in total. The summed E-state index contributed by atoms with van der Waals surface area (Å²) in [5, 5.41) is 0. The number of anilines is 2. The molecule has 1 atom stereocenters. The van der Waals surface area contributed by atoms with Crippen LogP contribution in [-0.4, -0.2) is 65.0 Å². The van der Waals surface area contributed by atoms with Crippen molar-refractivity contribution in [3.63, 3.8) is 0 Å². The molecule has 0 radical (unpaired) electrons. The Morgan fingerprint density at radius 3 is 2.41 bits per heavy atom. The van der Waals surface area contributed by atoms with Crippen LogP contribution >= 0.6 is 0 Å². The summed E-state index contributed by atoms with van der Waals surface area (Å²) in [4.78, 5) is 33.2. The molecule has 0 spiro atoms. The normalized spacial score (nSPS) is 19.1. The Kier molecular flexibility index (Phi) is 5.96. The number of hydrogen-bond donors (Lipinski definition) is 0. The Balaban J connectivity index is 1.22. The number of hydrogen-bond acceptors (Lipinski definition) is 6. The summed E-state index contributed by atoms with van der Waals surface area (Å²) in [5.41, 5.74) is 1.99. The van der Waals surface area contributed by atoms with Crippen LogP contribution in [0.2, 0.25) is 0 Å². The van der Waals surface area contributed by atoms with Gasteiger partial charge in [0.15, 0.2) is 0 Å². The Hall–Kier alpha value is -3.48. The van der Waals surface area contributed by atoms with Gasteiger partial charge >= 0.3 is 0 Å². The maximum Gasteiger partial charge on any atom is 0.227 e. The summed E-state index contributed by atoms with van der Waals surface area (Å²) in [6, 6.07) is 18.1. The topological polar surface area (TPSA) is 65.5 Å². The highest BCUT2D eigenvalue weighted by Gasteiger charge is 2.31. The standard InChI is InChI=1S/C25H28N6O/c32-25(30-15-13-29(14-16-30)23-10-4-5-11-26-23)21-9-6-12-31(18-21)24-17-22(27-19-28-24)20-7-2-1-3-8-20/h1-5,7-8,10-11,17,19,21H,6,9,12-16,18H2. The molecule has 0 bridgehead atoms. The van der Waals surface area contributed by atoms with Crippen molar-refractivity contribution in [1.82, 2.24) is 19.9 Å². The molecule has 2 aliphatic rings. The van der Waals surface area contributed by atoms with Gasteiger partial charge in [0.2, 0.25) is 5.91 Å². The van der Waals surface area contributed by atoms with Crippen molar-refractivity contribution in [3.05, 3.63) is 67.1 Å². The zero-order valence-corrected chi connectivity index (χ0v) is 18.2. The lowest BCUT2D eigenvalue weighted by molar-refractivity contribution is -0.136. The molecule has 0 saturated carbocycles. The Morgan fingerprint density at radius 2 is 1.62 bits per heavy atom. The van der Waals surface area contributed by atoms with Gasteiger partial charge in [-0.1, -0.05) is 36.4 Å². The van der Waals surface area contributed by atoms with Crippen LogP contribution in [0.5, 0.6) is 0 Å². The monoisotopic (exact) mass is 428 g/mol. The van der Waals surface area contributed by atoms with Crippen LogP contribution in [-0.2, 0) is 4.79 Å². The van der Waals surface area contributed by atoms with Crippen molar-refractivity contribution in [2.24, 2.45) is 5.92 Å². The van der Waals surface area contributed by atoms with Crippen LogP contribution in [0.3, 0.4) is 0 Å². The van der Waals surface area contributed by atoms with E-state index in [1.807, 2.05) is 53.6 Å². The molecule has 0 aliphatic carbocycles. The summed E-state index contributed by atoms with van der Waals surface area (Å²) >= 11 is 0. The van der Waals surface area contributed by atoms with E-state index in [9.17, 15) is 4.79 Å². The first-order chi connectivity index (χ1) is 15.8. The van der Waals surface area contributed by atoms with Gasteiger partial charge in [0, 0.05) is 57.1 Å². The van der Waals surface area contributed by atoms with Gasteiger partial charge in [-0.05, 0) is 25.0 Å². The predicted octanol–water partition coefficient (Wildman–Crippen LogP) is 3.10. The maximum absolute atomic E-state index is 13.3. The van der Waals surface area contributed by atoms with Crippen molar-refractivity contribution in [3.8, 4) is 11.3 Å². The van der Waals surface area contributed by atoms with Crippen LogP contribution in [0.15, 0.2) is 67.1 Å². The lowest BCUT2D eigenvalue weighted by Gasteiger charge is -2.39. The van der Waals surface area contributed by atoms with Gasteiger partial charge < -0.3 is 14.7 Å². The van der Waals surface area contributed by atoms with E-state index in [-0.39, 0.29) is 11.8 Å². The fraction of sp³-hybridized carbons (Fsp3) is 0.360. The number of pyridine rings is 1. The SMILES string of the molecule is O=C(C1CCCN(c2cc(-c3ccccc3)ncn2)C1)N1CCN(c2ccccn2)CC1. The van der Waals surface area contributed by atoms with E-state index in [0.29, 0.717) is 6.54 Å². The smallest absolute Gasteiger partial charge is 0.227 e. The molecule has 1 aromatic carbocycles. The van der Waals surface area contributed by atoms with Gasteiger partial charge in [0.1, 0.15) is 18.0 Å². The number of piperidine rings is 1. The van der Waals surface area contributed by atoms with Gasteiger partial charge in [-0.3, -0.25) is 4.79 Å². The minimum Gasteiger partial charge on any atom is -0.356 e. The van der Waals surface area contributed by atoms with E-state index < -0.39 is 0 Å². The number of amides is 1. The first-order valence-electron chi connectivity index (χ1n) is 11.3. The highest BCUT2D eigenvalue weighted by atomic mass is 16.2. The molecule has 7 nitrogen and oxygen atoms in total. The van der Waals surface area contributed by atoms with E-state index >= 15 is 0 Å². The molecule has 1 amide bonds. The zero-order valence-electron chi connectivity index (χ0n) is 18.2. The highest BCUT2D eigenvalue weighted by molar-refractivity contribution is 5.80. The molecule has 2 fully saturated rings. The Labute approximate surface area is 188 Å². The second kappa shape index (κ2) is 9.34. The van der Waals surface area contributed by atoms with E-state index in [1.165, 1.54) is 0 Å². The number of nitrogens with zero attached hydrogens (tertiary/aromatic N) is 6. The van der Waals surface area contributed by atoms with Crippen LogP contribution < -0.4 is 9.80 Å². The van der Waals surface area contributed by atoms with Crippen molar-refractivity contribution in [2.75, 3.05) is 49.1 Å². The van der Waals surface area contributed by atoms with E-state index in [1.54, 1.807) is 6.33 Å². The molecule has 32 heavy (non-hydrogen) atoms. The van der Waals surface area contributed by atoms with Gasteiger partial charge in [-0.2, -0.15) is 0 Å². The highest BCUT2D eigenvalue weighted by Crippen LogP contribution is 2.26. The number of benzene rings is 1. The fourth-order valence-electron chi connectivity index (χ4n) is 4.63. The van der Waals surface area contributed by atoms with Crippen molar-refractivity contribution in [1.29, 1.82) is 0 Å². The van der Waals surface area contributed by atoms with Crippen molar-refractivity contribution < 1.29 is 4.79 Å². The second-order valence-corrected chi connectivity index (χ2v) is 8.41. The molecular formula is C25H28N6O. The van der Waals surface area contributed by atoms with Crippen LogP contribution in [0.1, 0.15) is 12.8 Å². The van der Waals surface area contributed by atoms with Gasteiger partial charge in [-0.15, -0.1) is 0 Å². The minimum atomic E-state index is 0.0142. The van der Waals surface area contributed by atoms with Gasteiger partial charge in [0.05, 0.1) is 11.6 Å². The summed E-state index contributed by atoms with van der Waals surface area (Å²) < 4.78 is 0. The number of carbonyl (C=O) groups is 1. The minimum absolute atomic E-state index is 0.0142. The molecule has 7 heteroatoms. The van der Waals surface area contributed by atoms with Gasteiger partial charge in [0.25, 0.3) is 0 Å². The number of piperazine rings is 1. The lowest BCUT2D eigenvalue weighted by Crippen LogP contribution is -2.52. The number of aromatic nitrogens is 3. The predicted molar refractivity (Wildman–Crippen MR) is 125 cm³/mol. The average Bonchev–Trinajstić information content (AvgIpc) is 2.89. The summed E-state index contributed by atoms with van der Waals surface area (Å²) in [7, 11) is 0. The largest absolute Gasteiger partial charge is 0.356 e. The summed E-state index contributed by atoms with van der Waals surface area (Å²) in [5.74, 6) is 2.17. The quantitative estimate of drug-likeness (QED) is 0.636. The number of rotatable bonds is 4. The zero-order chi connectivity index (χ0) is 21.8. The molecule has 164 valence electrons. The molecule has 2 saturated heterocycles. The van der Waals surface area contributed by atoms with E-state index in [2.05, 4.69) is 36.9 Å². The van der Waals surface area contributed by atoms with E-state index in [4.69, 9.17) is 0 Å². The Morgan fingerprint density at radius 1 is 0.812 bits per heavy atom. The molecule has 3 aromatic rings. The third-order valence-electron chi connectivity index (χ3n) is 6.38.